The first-order chi connectivity index (χ1) is 6.42. The summed E-state index contributed by atoms with van der Waals surface area (Å²) in [6.07, 6.45) is 3.11. The number of rotatable bonds is 1. The highest BCUT2D eigenvalue weighted by atomic mass is 15.3. The van der Waals surface area contributed by atoms with Crippen LogP contribution in [0, 0.1) is 11.3 Å². The van der Waals surface area contributed by atoms with Gasteiger partial charge in [0.25, 0.3) is 0 Å². The summed E-state index contributed by atoms with van der Waals surface area (Å²) in [6.45, 7) is 0. The van der Waals surface area contributed by atoms with Gasteiger partial charge in [-0.2, -0.15) is 5.26 Å². The maximum absolute atomic E-state index is 8.67. The summed E-state index contributed by atoms with van der Waals surface area (Å²) in [4.78, 5) is 4.06. The van der Waals surface area contributed by atoms with Gasteiger partial charge in [-0.1, -0.05) is 6.07 Å². The van der Waals surface area contributed by atoms with Crippen molar-refractivity contribution >= 4 is 0 Å². The molecule has 0 aromatic carbocycles. The number of aromatic nitrogens is 4. The molecule has 2 aromatic heterocycles. The molecule has 0 aliphatic carbocycles. The Morgan fingerprint density at radius 1 is 1.38 bits per heavy atom. The van der Waals surface area contributed by atoms with Crippen LogP contribution in [0.3, 0.4) is 0 Å². The monoisotopic (exact) mass is 171 g/mol. The van der Waals surface area contributed by atoms with Gasteiger partial charge in [0, 0.05) is 6.20 Å². The van der Waals surface area contributed by atoms with Crippen molar-refractivity contribution < 1.29 is 0 Å². The van der Waals surface area contributed by atoms with Gasteiger partial charge in [-0.05, 0) is 12.1 Å². The Hall–Kier alpha value is -2.22. The lowest BCUT2D eigenvalue weighted by Crippen LogP contribution is -1.98. The molecule has 2 aromatic rings. The predicted molar refractivity (Wildman–Crippen MR) is 43.9 cm³/mol. The molecule has 2 heterocycles. The lowest BCUT2D eigenvalue weighted by Gasteiger charge is -1.98. The Kier molecular flexibility index (Phi) is 1.73. The molecule has 0 radical (unpaired) electrons. The first kappa shape index (κ1) is 7.43. The van der Waals surface area contributed by atoms with Gasteiger partial charge in [0.15, 0.2) is 0 Å². The molecule has 0 bridgehead atoms. The van der Waals surface area contributed by atoms with Gasteiger partial charge < -0.3 is 0 Å². The van der Waals surface area contributed by atoms with Crippen LogP contribution in [0.2, 0.25) is 0 Å². The topological polar surface area (TPSA) is 67.4 Å². The second kappa shape index (κ2) is 3.03. The largest absolute Gasteiger partial charge is 0.257 e. The summed E-state index contributed by atoms with van der Waals surface area (Å²) in [5.41, 5.74) is 0. The second-order valence-electron chi connectivity index (χ2n) is 2.32. The molecular formula is C8H5N5. The summed E-state index contributed by atoms with van der Waals surface area (Å²) in [7, 11) is 0. The van der Waals surface area contributed by atoms with Crippen LogP contribution in [-0.2, 0) is 0 Å². The van der Waals surface area contributed by atoms with E-state index in [-0.39, 0.29) is 5.82 Å². The lowest BCUT2D eigenvalue weighted by atomic mass is 10.4. The fourth-order valence-corrected chi connectivity index (χ4v) is 0.975. The SMILES string of the molecule is N#Cc1nncn1-c1ccccn1. The summed E-state index contributed by atoms with van der Waals surface area (Å²) in [5.74, 6) is 0.878. The Morgan fingerprint density at radius 3 is 3.00 bits per heavy atom. The third-order valence-electron chi connectivity index (χ3n) is 1.54. The Labute approximate surface area is 74.3 Å². The molecule has 62 valence electrons. The van der Waals surface area contributed by atoms with E-state index < -0.39 is 0 Å². The van der Waals surface area contributed by atoms with E-state index in [1.807, 2.05) is 12.1 Å². The second-order valence-corrected chi connectivity index (χ2v) is 2.32. The first-order valence-corrected chi connectivity index (χ1v) is 3.63. The summed E-state index contributed by atoms with van der Waals surface area (Å²) in [6, 6.07) is 7.35. The zero-order valence-electron chi connectivity index (χ0n) is 6.62. The normalized spacial score (nSPS) is 9.46. The van der Waals surface area contributed by atoms with E-state index >= 15 is 0 Å². The van der Waals surface area contributed by atoms with E-state index in [2.05, 4.69) is 15.2 Å². The number of nitriles is 1. The molecule has 0 N–H and O–H groups in total. The fourth-order valence-electron chi connectivity index (χ4n) is 0.975. The molecule has 2 rings (SSSR count). The number of pyridine rings is 1. The highest BCUT2D eigenvalue weighted by Crippen LogP contribution is 2.03. The molecule has 0 spiro atoms. The number of hydrogen-bond donors (Lipinski definition) is 0. The molecule has 0 fully saturated rings. The van der Waals surface area contributed by atoms with Crippen molar-refractivity contribution in [1.82, 2.24) is 19.7 Å². The lowest BCUT2D eigenvalue weighted by molar-refractivity contribution is 0.967. The van der Waals surface area contributed by atoms with Crippen molar-refractivity contribution in [3.8, 4) is 11.9 Å². The molecule has 0 amide bonds. The molecular weight excluding hydrogens is 166 g/mol. The van der Waals surface area contributed by atoms with Crippen LogP contribution in [0.4, 0.5) is 0 Å². The van der Waals surface area contributed by atoms with Crippen LogP contribution in [0.1, 0.15) is 5.82 Å². The van der Waals surface area contributed by atoms with Crippen molar-refractivity contribution in [3.63, 3.8) is 0 Å². The smallest absolute Gasteiger partial charge is 0.240 e. The third kappa shape index (κ3) is 1.25. The van der Waals surface area contributed by atoms with E-state index in [1.165, 1.54) is 10.9 Å². The summed E-state index contributed by atoms with van der Waals surface area (Å²) < 4.78 is 1.53. The Morgan fingerprint density at radius 2 is 2.31 bits per heavy atom. The van der Waals surface area contributed by atoms with Crippen LogP contribution in [0.25, 0.3) is 5.82 Å². The maximum Gasteiger partial charge on any atom is 0.240 e. The van der Waals surface area contributed by atoms with Crippen molar-refractivity contribution in [2.75, 3.05) is 0 Å². The van der Waals surface area contributed by atoms with Gasteiger partial charge in [0.1, 0.15) is 18.2 Å². The average molecular weight is 171 g/mol. The van der Waals surface area contributed by atoms with Crippen molar-refractivity contribution in [3.05, 3.63) is 36.5 Å². The van der Waals surface area contributed by atoms with Gasteiger partial charge in [-0.15, -0.1) is 10.2 Å². The standard InChI is InChI=1S/C8H5N5/c9-5-8-12-11-6-13(8)7-3-1-2-4-10-7/h1-4,6H. The van der Waals surface area contributed by atoms with Gasteiger partial charge in [-0.3, -0.25) is 4.57 Å². The molecule has 13 heavy (non-hydrogen) atoms. The van der Waals surface area contributed by atoms with E-state index in [1.54, 1.807) is 18.3 Å². The fraction of sp³-hybridized carbons (Fsp3) is 0. The van der Waals surface area contributed by atoms with Crippen molar-refractivity contribution in [2.45, 2.75) is 0 Å². The number of nitrogens with zero attached hydrogens (tertiary/aromatic N) is 5. The van der Waals surface area contributed by atoms with Gasteiger partial charge >= 0.3 is 0 Å². The molecule has 5 heteroatoms. The molecule has 0 saturated carbocycles. The third-order valence-corrected chi connectivity index (χ3v) is 1.54. The Bertz CT molecular complexity index is 439. The molecule has 0 aliphatic rings. The average Bonchev–Trinajstić information content (AvgIpc) is 2.67. The van der Waals surface area contributed by atoms with Crippen LogP contribution < -0.4 is 0 Å². The predicted octanol–water partition coefficient (Wildman–Crippen LogP) is 0.534. The van der Waals surface area contributed by atoms with Crippen LogP contribution in [0.15, 0.2) is 30.7 Å². The zero-order chi connectivity index (χ0) is 9.10. The summed E-state index contributed by atoms with van der Waals surface area (Å²) >= 11 is 0. The molecule has 0 atom stereocenters. The summed E-state index contributed by atoms with van der Waals surface area (Å²) in [5, 5.41) is 15.9. The van der Waals surface area contributed by atoms with Crippen LogP contribution in [-0.4, -0.2) is 19.7 Å². The molecule has 0 aliphatic heterocycles. The maximum atomic E-state index is 8.67. The van der Waals surface area contributed by atoms with Crippen LogP contribution in [0.5, 0.6) is 0 Å². The van der Waals surface area contributed by atoms with Gasteiger partial charge in [0.2, 0.25) is 5.82 Å². The van der Waals surface area contributed by atoms with Gasteiger partial charge in [-0.25, -0.2) is 4.98 Å². The van der Waals surface area contributed by atoms with E-state index in [4.69, 9.17) is 5.26 Å². The minimum atomic E-state index is 0.235. The van der Waals surface area contributed by atoms with Crippen molar-refractivity contribution in [1.29, 1.82) is 5.26 Å². The molecule has 0 unspecified atom stereocenters. The highest BCUT2D eigenvalue weighted by Gasteiger charge is 2.04. The van der Waals surface area contributed by atoms with Crippen LogP contribution >= 0.6 is 0 Å². The van der Waals surface area contributed by atoms with Crippen molar-refractivity contribution in [2.24, 2.45) is 0 Å². The number of hydrogen-bond acceptors (Lipinski definition) is 4. The molecule has 5 nitrogen and oxygen atoms in total. The highest BCUT2D eigenvalue weighted by molar-refractivity contribution is 5.26. The quantitative estimate of drug-likeness (QED) is 0.627. The van der Waals surface area contributed by atoms with Gasteiger partial charge in [0.05, 0.1) is 0 Å². The minimum Gasteiger partial charge on any atom is -0.257 e. The zero-order valence-corrected chi connectivity index (χ0v) is 6.62. The first-order valence-electron chi connectivity index (χ1n) is 3.63. The van der Waals surface area contributed by atoms with E-state index in [9.17, 15) is 0 Å². The minimum absolute atomic E-state index is 0.235. The Balaban J connectivity index is 2.54. The molecule has 0 saturated heterocycles. The van der Waals surface area contributed by atoms with E-state index in [0.29, 0.717) is 5.82 Å². The van der Waals surface area contributed by atoms with E-state index in [0.717, 1.165) is 0 Å².